The standard InChI is InChI=1S/C15H19FN2O2/c1-4-14(19)17-7-8-18(15(20)11(17)3)12-6-5-10(2)13(16)9-12/h5-6,9,11H,4,7-8H2,1-3H3. The summed E-state index contributed by atoms with van der Waals surface area (Å²) in [5.41, 5.74) is 1.10. The minimum absolute atomic E-state index is 0.0272. The van der Waals surface area contributed by atoms with E-state index in [1.165, 1.54) is 6.07 Å². The van der Waals surface area contributed by atoms with Crippen molar-refractivity contribution >= 4 is 17.5 Å². The van der Waals surface area contributed by atoms with Crippen molar-refractivity contribution in [3.63, 3.8) is 0 Å². The number of aryl methyl sites for hydroxylation is 1. The SMILES string of the molecule is CCC(=O)N1CCN(c2ccc(C)c(F)c2)C(=O)C1C. The van der Waals surface area contributed by atoms with Crippen molar-refractivity contribution in [1.82, 2.24) is 4.90 Å². The molecule has 0 aromatic heterocycles. The molecule has 1 heterocycles. The van der Waals surface area contributed by atoms with Crippen molar-refractivity contribution in [3.05, 3.63) is 29.6 Å². The Labute approximate surface area is 118 Å². The molecule has 108 valence electrons. The molecular weight excluding hydrogens is 259 g/mol. The summed E-state index contributed by atoms with van der Waals surface area (Å²) in [5, 5.41) is 0. The molecule has 1 saturated heterocycles. The van der Waals surface area contributed by atoms with Crippen LogP contribution in [0.25, 0.3) is 0 Å². The van der Waals surface area contributed by atoms with Gasteiger partial charge in [0.1, 0.15) is 11.9 Å². The lowest BCUT2D eigenvalue weighted by Crippen LogP contribution is -2.57. The molecule has 1 aromatic rings. The van der Waals surface area contributed by atoms with Crippen molar-refractivity contribution in [2.24, 2.45) is 0 Å². The van der Waals surface area contributed by atoms with Crippen LogP contribution in [0.4, 0.5) is 10.1 Å². The molecule has 0 saturated carbocycles. The molecule has 1 aliphatic rings. The number of rotatable bonds is 2. The summed E-state index contributed by atoms with van der Waals surface area (Å²) in [4.78, 5) is 27.3. The highest BCUT2D eigenvalue weighted by molar-refractivity contribution is 6.00. The van der Waals surface area contributed by atoms with Gasteiger partial charge in [-0.2, -0.15) is 0 Å². The predicted molar refractivity (Wildman–Crippen MR) is 75.0 cm³/mol. The first-order valence-electron chi connectivity index (χ1n) is 6.82. The number of nitrogens with zero attached hydrogens (tertiary/aromatic N) is 2. The van der Waals surface area contributed by atoms with Gasteiger partial charge in [0.25, 0.3) is 0 Å². The minimum atomic E-state index is -0.499. The summed E-state index contributed by atoms with van der Waals surface area (Å²) < 4.78 is 13.6. The first kappa shape index (κ1) is 14.5. The first-order chi connectivity index (χ1) is 9.45. The molecule has 1 aliphatic heterocycles. The van der Waals surface area contributed by atoms with E-state index in [-0.39, 0.29) is 17.6 Å². The summed E-state index contributed by atoms with van der Waals surface area (Å²) in [5.74, 6) is -0.517. The lowest BCUT2D eigenvalue weighted by atomic mass is 10.1. The molecule has 5 heteroatoms. The van der Waals surface area contributed by atoms with Crippen molar-refractivity contribution < 1.29 is 14.0 Å². The number of hydrogen-bond acceptors (Lipinski definition) is 2. The zero-order chi connectivity index (χ0) is 14.9. The molecule has 2 rings (SSSR count). The van der Waals surface area contributed by atoms with E-state index in [4.69, 9.17) is 0 Å². The van der Waals surface area contributed by atoms with Gasteiger partial charge in [-0.15, -0.1) is 0 Å². The molecule has 0 radical (unpaired) electrons. The zero-order valence-corrected chi connectivity index (χ0v) is 12.0. The van der Waals surface area contributed by atoms with Crippen molar-refractivity contribution in [2.45, 2.75) is 33.2 Å². The van der Waals surface area contributed by atoms with Gasteiger partial charge < -0.3 is 9.80 Å². The van der Waals surface area contributed by atoms with E-state index in [1.807, 2.05) is 0 Å². The Kier molecular flexibility index (Phi) is 4.06. The number of amides is 2. The van der Waals surface area contributed by atoms with Crippen LogP contribution in [0, 0.1) is 12.7 Å². The number of carbonyl (C=O) groups is 2. The van der Waals surface area contributed by atoms with E-state index >= 15 is 0 Å². The molecule has 1 unspecified atom stereocenters. The van der Waals surface area contributed by atoms with Gasteiger partial charge >= 0.3 is 0 Å². The Balaban J connectivity index is 2.22. The largest absolute Gasteiger partial charge is 0.329 e. The van der Waals surface area contributed by atoms with Crippen LogP contribution in [0.5, 0.6) is 0 Å². The van der Waals surface area contributed by atoms with Gasteiger partial charge in [0.05, 0.1) is 0 Å². The molecular formula is C15H19FN2O2. The molecule has 0 aliphatic carbocycles. The number of benzene rings is 1. The van der Waals surface area contributed by atoms with Gasteiger partial charge in [0.15, 0.2) is 0 Å². The fourth-order valence-electron chi connectivity index (χ4n) is 2.42. The number of hydrogen-bond donors (Lipinski definition) is 0. The number of anilines is 1. The summed E-state index contributed by atoms with van der Waals surface area (Å²) in [6.07, 6.45) is 0.386. The molecule has 1 fully saturated rings. The summed E-state index contributed by atoms with van der Waals surface area (Å²) in [6, 6.07) is 4.27. The molecule has 4 nitrogen and oxygen atoms in total. The van der Waals surface area contributed by atoms with Crippen LogP contribution in [0.15, 0.2) is 18.2 Å². The number of piperazine rings is 1. The third-order valence-corrected chi connectivity index (χ3v) is 3.75. The third-order valence-electron chi connectivity index (χ3n) is 3.75. The quantitative estimate of drug-likeness (QED) is 0.831. The van der Waals surface area contributed by atoms with Crippen LogP contribution in [-0.2, 0) is 9.59 Å². The average Bonchev–Trinajstić information content (AvgIpc) is 2.44. The Morgan fingerprint density at radius 1 is 1.40 bits per heavy atom. The second-order valence-corrected chi connectivity index (χ2v) is 5.04. The molecule has 0 N–H and O–H groups in total. The number of halogens is 1. The molecule has 0 bridgehead atoms. The lowest BCUT2D eigenvalue weighted by molar-refractivity contribution is -0.140. The van der Waals surface area contributed by atoms with E-state index in [2.05, 4.69) is 0 Å². The Bertz CT molecular complexity index is 545. The van der Waals surface area contributed by atoms with E-state index < -0.39 is 6.04 Å². The topological polar surface area (TPSA) is 40.6 Å². The molecule has 0 spiro atoms. The maximum atomic E-state index is 13.6. The summed E-state index contributed by atoms with van der Waals surface area (Å²) >= 11 is 0. The third kappa shape index (κ3) is 2.53. The minimum Gasteiger partial charge on any atom is -0.329 e. The average molecular weight is 278 g/mol. The van der Waals surface area contributed by atoms with Crippen molar-refractivity contribution in [2.75, 3.05) is 18.0 Å². The van der Waals surface area contributed by atoms with Gasteiger partial charge in [-0.1, -0.05) is 13.0 Å². The van der Waals surface area contributed by atoms with Crippen LogP contribution >= 0.6 is 0 Å². The van der Waals surface area contributed by atoms with Crippen molar-refractivity contribution in [1.29, 1.82) is 0 Å². The lowest BCUT2D eigenvalue weighted by Gasteiger charge is -2.39. The summed E-state index contributed by atoms with van der Waals surface area (Å²) in [7, 11) is 0. The van der Waals surface area contributed by atoms with Crippen LogP contribution < -0.4 is 4.90 Å². The Morgan fingerprint density at radius 2 is 2.10 bits per heavy atom. The van der Waals surface area contributed by atoms with Gasteiger partial charge in [-0.3, -0.25) is 9.59 Å². The second-order valence-electron chi connectivity index (χ2n) is 5.04. The van der Waals surface area contributed by atoms with Crippen LogP contribution in [-0.4, -0.2) is 35.8 Å². The maximum Gasteiger partial charge on any atom is 0.249 e. The van der Waals surface area contributed by atoms with Crippen LogP contribution in [0.3, 0.4) is 0 Å². The van der Waals surface area contributed by atoms with Crippen LogP contribution in [0.2, 0.25) is 0 Å². The highest BCUT2D eigenvalue weighted by Gasteiger charge is 2.34. The molecule has 1 aromatic carbocycles. The van der Waals surface area contributed by atoms with E-state index in [1.54, 1.807) is 42.7 Å². The highest BCUT2D eigenvalue weighted by atomic mass is 19.1. The fourth-order valence-corrected chi connectivity index (χ4v) is 2.42. The van der Waals surface area contributed by atoms with Gasteiger partial charge in [-0.05, 0) is 31.5 Å². The highest BCUT2D eigenvalue weighted by Crippen LogP contribution is 2.23. The Hall–Kier alpha value is -1.91. The first-order valence-corrected chi connectivity index (χ1v) is 6.82. The van der Waals surface area contributed by atoms with Crippen molar-refractivity contribution in [3.8, 4) is 0 Å². The van der Waals surface area contributed by atoms with E-state index in [9.17, 15) is 14.0 Å². The second kappa shape index (κ2) is 5.61. The normalized spacial score (nSPS) is 19.4. The molecule has 20 heavy (non-hydrogen) atoms. The van der Waals surface area contributed by atoms with E-state index in [0.717, 1.165) is 0 Å². The van der Waals surface area contributed by atoms with Gasteiger partial charge in [0.2, 0.25) is 11.8 Å². The number of carbonyl (C=O) groups excluding carboxylic acids is 2. The maximum absolute atomic E-state index is 13.6. The van der Waals surface area contributed by atoms with Crippen LogP contribution in [0.1, 0.15) is 25.8 Å². The fraction of sp³-hybridized carbons (Fsp3) is 0.467. The van der Waals surface area contributed by atoms with E-state index in [0.29, 0.717) is 30.8 Å². The Morgan fingerprint density at radius 3 is 2.70 bits per heavy atom. The smallest absolute Gasteiger partial charge is 0.249 e. The summed E-state index contributed by atoms with van der Waals surface area (Å²) in [6.45, 7) is 6.06. The van der Waals surface area contributed by atoms with Gasteiger partial charge in [-0.25, -0.2) is 4.39 Å². The zero-order valence-electron chi connectivity index (χ0n) is 12.0. The monoisotopic (exact) mass is 278 g/mol. The van der Waals surface area contributed by atoms with Gasteiger partial charge in [0, 0.05) is 25.2 Å². The predicted octanol–water partition coefficient (Wildman–Crippen LogP) is 2.11. The molecule has 1 atom stereocenters. The molecule has 2 amide bonds.